The zero-order valence-electron chi connectivity index (χ0n) is 67.6. The number of benzene rings is 7. The SMILES string of the molecule is CC(C)(C)OC(=O)Nc1cccc(N)c1.CC(C)(C)OC(=O)Nc1cccc(Nc2nc(Cl)ncc2F)c1.COCCOc1ccc(N)cc1.COCCOc1ccc(Nc2ncc(F)c(Nc3cccc(N)c3)n2)cc1.COCCOc1ccc(Nc2ncc(F)c(Nc3cccc(NC(=O)OC(C)(C)C)c3)n2)cc1.Fc1cnc(Cl)nc1Cl. The van der Waals surface area contributed by atoms with Crippen LogP contribution >= 0.6 is 34.8 Å². The highest BCUT2D eigenvalue weighted by Crippen LogP contribution is 2.29. The molecule has 0 aliphatic heterocycles. The fraction of sp³-hybridized carbons (Fsp3) is 0.256. The molecule has 0 aliphatic rings. The highest BCUT2D eigenvalue weighted by atomic mass is 35.5. The van der Waals surface area contributed by atoms with Gasteiger partial charge < -0.3 is 86.4 Å². The summed E-state index contributed by atoms with van der Waals surface area (Å²) < 4.78 is 101. The van der Waals surface area contributed by atoms with Crippen LogP contribution in [0.1, 0.15) is 62.3 Å². The molecule has 0 bridgehead atoms. The fourth-order valence-corrected chi connectivity index (χ4v) is 9.31. The van der Waals surface area contributed by atoms with E-state index in [2.05, 4.69) is 82.4 Å². The van der Waals surface area contributed by atoms with Crippen molar-refractivity contribution < 1.29 is 74.6 Å². The van der Waals surface area contributed by atoms with Crippen LogP contribution in [0.2, 0.25) is 15.7 Å². The van der Waals surface area contributed by atoms with Crippen molar-refractivity contribution >= 4 is 145 Å². The first-order chi connectivity index (χ1) is 57.0. The molecular weight excluding hydrogens is 1630 g/mol. The van der Waals surface area contributed by atoms with Crippen LogP contribution in [0.4, 0.5) is 124 Å². The summed E-state index contributed by atoms with van der Waals surface area (Å²) in [7, 11) is 4.88. The maximum absolute atomic E-state index is 14.4. The molecule has 3 amide bonds. The third-order valence-electron chi connectivity index (χ3n) is 13.9. The molecule has 638 valence electrons. The number of nitrogens with one attached hydrogen (secondary N) is 8. The first-order valence-corrected chi connectivity index (χ1v) is 37.3. The lowest BCUT2D eigenvalue weighted by Gasteiger charge is -2.19. The van der Waals surface area contributed by atoms with Crippen LogP contribution in [-0.4, -0.2) is 136 Å². The molecule has 0 saturated heterocycles. The largest absolute Gasteiger partial charge is 0.491 e. The standard InChI is InChI=1S/C24H28FN5O4.C19H20FN5O2.C15H16ClFN4O2.C11H16N2O2.C9H13NO2.C4HCl2FN2/c1-24(2,3)34-23(31)29-18-7-5-6-17(14-18)27-21-20(25)15-26-22(30-21)28-16-8-10-19(11-9-16)33-13-12-32-4;1-26-9-10-27-16-7-5-14(6-8-16)24-19-22-12-17(20)18(25-19)23-15-4-2-3-13(21)11-15;1-15(2,3)23-14(22)20-10-6-4-5-9(7-10)19-12-11(17)8-18-13(16)21-12;1-11(2,3)15-10(14)13-9-6-4-5-8(12)7-9;1-11-6-7-12-9-4-2-8(10)3-5-9;5-3-2(7)1-8-4(6)9-3/h5-11,14-15H,12-13H2,1-4H3,(H,29,31)(H2,26,27,28,30);2-8,11-12H,9-10,21H2,1H3,(H2,22,23,24,25);4-8H,1-3H3,(H,20,22)(H,18,19,21);4-7H,12H2,1-3H3,(H,13,14);2-5H,6-7,10H2,1H3;1H. The predicted molar refractivity (Wildman–Crippen MR) is 459 cm³/mol. The van der Waals surface area contributed by atoms with E-state index in [1.54, 1.807) is 184 Å². The molecule has 0 radical (unpaired) electrons. The van der Waals surface area contributed by atoms with Gasteiger partial charge in [-0.05, 0) is 231 Å². The van der Waals surface area contributed by atoms with Crippen molar-refractivity contribution in [3.05, 3.63) is 234 Å². The molecule has 0 unspecified atom stereocenters. The lowest BCUT2D eigenvalue weighted by Crippen LogP contribution is -2.27. The van der Waals surface area contributed by atoms with Gasteiger partial charge in [0.15, 0.2) is 45.9 Å². The minimum atomic E-state index is -0.666. The van der Waals surface area contributed by atoms with Gasteiger partial charge in [0.1, 0.15) is 53.9 Å². The molecule has 4 aromatic heterocycles. The second-order valence-corrected chi connectivity index (χ2v) is 28.5. The number of anilines is 16. The highest BCUT2D eigenvalue weighted by Gasteiger charge is 2.20. The van der Waals surface area contributed by atoms with Crippen LogP contribution in [0.5, 0.6) is 17.2 Å². The Morgan fingerprint density at radius 2 is 0.642 bits per heavy atom. The minimum absolute atomic E-state index is 0.0218. The summed E-state index contributed by atoms with van der Waals surface area (Å²) in [4.78, 5) is 65.4. The van der Waals surface area contributed by atoms with E-state index in [0.717, 1.165) is 47.7 Å². The highest BCUT2D eigenvalue weighted by molar-refractivity contribution is 6.31. The average molecular weight is 1720 g/mol. The molecule has 11 aromatic rings. The summed E-state index contributed by atoms with van der Waals surface area (Å²) in [6.45, 7) is 19.2. The van der Waals surface area contributed by atoms with Crippen LogP contribution in [0.15, 0.2) is 195 Å². The number of hydrogen-bond acceptors (Lipinski definition) is 28. The molecule has 0 saturated carbocycles. The van der Waals surface area contributed by atoms with Gasteiger partial charge in [0.25, 0.3) is 0 Å². The Balaban J connectivity index is 0.000000234. The van der Waals surface area contributed by atoms with Gasteiger partial charge in [-0.1, -0.05) is 35.9 Å². The van der Waals surface area contributed by atoms with Gasteiger partial charge in [0.05, 0.1) is 44.6 Å². The quantitative estimate of drug-likeness (QED) is 0.00632. The van der Waals surface area contributed by atoms with Gasteiger partial charge >= 0.3 is 18.3 Å². The second kappa shape index (κ2) is 48.6. The van der Waals surface area contributed by atoms with E-state index < -0.39 is 58.4 Å². The summed E-state index contributed by atoms with van der Waals surface area (Å²) in [5.41, 5.74) is 21.7. The zero-order valence-corrected chi connectivity index (χ0v) is 69.8. The number of carbonyl (C=O) groups excluding carboxylic acids is 3. The Morgan fingerprint density at radius 3 is 0.983 bits per heavy atom. The third-order valence-corrected chi connectivity index (χ3v) is 14.5. The number of nitrogens with two attached hydrogens (primary N) is 3. The summed E-state index contributed by atoms with van der Waals surface area (Å²) in [5, 5.41) is 22.1. The maximum atomic E-state index is 14.4. The monoisotopic (exact) mass is 1720 g/mol. The van der Waals surface area contributed by atoms with Crippen molar-refractivity contribution in [2.75, 3.05) is 121 Å². The van der Waals surface area contributed by atoms with E-state index in [4.69, 9.17) is 94.6 Å². The fourth-order valence-electron chi connectivity index (χ4n) is 8.87. The normalized spacial score (nSPS) is 10.6. The smallest absolute Gasteiger partial charge is 0.412 e. The predicted octanol–water partition coefficient (Wildman–Crippen LogP) is 19.4. The Morgan fingerprint density at radius 1 is 0.342 bits per heavy atom. The first kappa shape index (κ1) is 95.8. The van der Waals surface area contributed by atoms with Crippen molar-refractivity contribution in [3.63, 3.8) is 0 Å². The van der Waals surface area contributed by atoms with Crippen LogP contribution in [0, 0.1) is 23.3 Å². The Labute approximate surface area is 706 Å². The van der Waals surface area contributed by atoms with Crippen LogP contribution < -0.4 is 73.9 Å². The number of nitrogens with zero attached hydrogens (tertiary/aromatic N) is 8. The summed E-state index contributed by atoms with van der Waals surface area (Å²) in [5.74, 6) is 0.191. The van der Waals surface area contributed by atoms with Gasteiger partial charge in [-0.15, -0.1) is 0 Å². The second-order valence-electron chi connectivity index (χ2n) is 27.5. The number of aromatic nitrogens is 8. The average Bonchev–Trinajstić information content (AvgIpc) is 0.829. The van der Waals surface area contributed by atoms with E-state index in [1.165, 1.54) is 0 Å². The Kier molecular flexibility index (Phi) is 38.8. The van der Waals surface area contributed by atoms with Crippen molar-refractivity contribution in [1.29, 1.82) is 0 Å². The maximum Gasteiger partial charge on any atom is 0.412 e. The molecule has 4 heterocycles. The molecule has 0 atom stereocenters. The lowest BCUT2D eigenvalue weighted by atomic mass is 10.2. The number of rotatable bonds is 25. The van der Waals surface area contributed by atoms with Gasteiger partial charge in [-0.25, -0.2) is 56.9 Å². The summed E-state index contributed by atoms with van der Waals surface area (Å²) >= 11 is 16.1. The number of carbonyl (C=O) groups is 3. The molecule has 14 N–H and O–H groups in total. The lowest BCUT2D eigenvalue weighted by molar-refractivity contribution is 0.0624. The van der Waals surface area contributed by atoms with Gasteiger partial charge in [0, 0.05) is 83.9 Å². The van der Waals surface area contributed by atoms with Gasteiger partial charge in [0.2, 0.25) is 22.5 Å². The number of ether oxygens (including phenoxy) is 9. The molecule has 11 rings (SSSR count). The van der Waals surface area contributed by atoms with Crippen molar-refractivity contribution in [2.45, 2.75) is 79.1 Å². The zero-order chi connectivity index (χ0) is 87.8. The van der Waals surface area contributed by atoms with Crippen LogP contribution in [0.3, 0.4) is 0 Å². The van der Waals surface area contributed by atoms with E-state index in [1.807, 2.05) is 69.3 Å². The Bertz CT molecular complexity index is 5030. The first-order valence-electron chi connectivity index (χ1n) is 36.2. The van der Waals surface area contributed by atoms with E-state index in [-0.39, 0.29) is 45.1 Å². The number of hydrogen-bond donors (Lipinski definition) is 11. The topological polar surface area (TPSA) is 412 Å². The summed E-state index contributed by atoms with van der Waals surface area (Å²) in [6, 6.07) is 49.1. The van der Waals surface area contributed by atoms with E-state index in [0.29, 0.717) is 96.6 Å². The third kappa shape index (κ3) is 38.8. The van der Waals surface area contributed by atoms with Crippen LogP contribution in [-0.2, 0) is 28.4 Å². The van der Waals surface area contributed by atoms with Gasteiger partial charge in [-0.3, -0.25) is 16.0 Å². The van der Waals surface area contributed by atoms with E-state index >= 15 is 0 Å². The van der Waals surface area contributed by atoms with Crippen molar-refractivity contribution in [1.82, 2.24) is 39.9 Å². The number of nitrogen functional groups attached to an aromatic ring is 3. The molecular formula is C82H94Cl3F4N19O12. The molecule has 120 heavy (non-hydrogen) atoms. The summed E-state index contributed by atoms with van der Waals surface area (Å²) in [6.07, 6.45) is 2.42. The number of amides is 3. The molecule has 38 heteroatoms. The molecule has 7 aromatic carbocycles. The van der Waals surface area contributed by atoms with E-state index in [9.17, 15) is 31.9 Å². The van der Waals surface area contributed by atoms with Crippen molar-refractivity contribution in [3.8, 4) is 17.2 Å². The molecule has 31 nitrogen and oxygen atoms in total. The molecule has 0 aliphatic carbocycles. The van der Waals surface area contributed by atoms with Crippen LogP contribution in [0.25, 0.3) is 0 Å². The minimum Gasteiger partial charge on any atom is -0.491 e. The number of halogens is 7. The van der Waals surface area contributed by atoms with Crippen molar-refractivity contribution in [2.24, 2.45) is 0 Å². The molecule has 0 fully saturated rings. The van der Waals surface area contributed by atoms with Gasteiger partial charge in [-0.2, -0.15) is 15.0 Å². The molecule has 0 spiro atoms. The number of methoxy groups -OCH3 is 3. The Hall–Kier alpha value is -13.1.